The summed E-state index contributed by atoms with van der Waals surface area (Å²) in [4.78, 5) is 28.5. The van der Waals surface area contributed by atoms with Gasteiger partial charge in [-0.05, 0) is 29.8 Å². The molecule has 1 aliphatic rings. The van der Waals surface area contributed by atoms with E-state index in [2.05, 4.69) is 5.32 Å². The first-order chi connectivity index (χ1) is 13.5. The van der Waals surface area contributed by atoms with Crippen LogP contribution in [0, 0.1) is 5.82 Å². The van der Waals surface area contributed by atoms with Crippen molar-refractivity contribution in [2.45, 2.75) is 6.42 Å². The molecule has 0 bridgehead atoms. The molecule has 0 atom stereocenters. The second-order valence-corrected chi connectivity index (χ2v) is 6.71. The first kappa shape index (κ1) is 19.8. The van der Waals surface area contributed by atoms with Crippen LogP contribution in [0.15, 0.2) is 48.5 Å². The molecule has 0 radical (unpaired) electrons. The fraction of sp³-hybridized carbons (Fsp3) is 0.333. The average Bonchev–Trinajstić information content (AvgIpc) is 2.70. The fourth-order valence-electron chi connectivity index (χ4n) is 3.18. The molecule has 28 heavy (non-hydrogen) atoms. The largest absolute Gasteiger partial charge is 0.495 e. The molecule has 1 heterocycles. The third kappa shape index (κ3) is 5.29. The zero-order valence-corrected chi connectivity index (χ0v) is 15.9. The van der Waals surface area contributed by atoms with Crippen molar-refractivity contribution in [1.29, 1.82) is 0 Å². The molecule has 0 aliphatic carbocycles. The van der Waals surface area contributed by atoms with Crippen molar-refractivity contribution in [3.63, 3.8) is 0 Å². The molecule has 1 fully saturated rings. The number of anilines is 1. The molecule has 2 amide bonds. The van der Waals surface area contributed by atoms with Crippen molar-refractivity contribution in [3.05, 3.63) is 59.9 Å². The number of nitrogens with zero attached hydrogens (tertiary/aromatic N) is 2. The van der Waals surface area contributed by atoms with E-state index in [0.29, 0.717) is 37.6 Å². The molecule has 0 aromatic heterocycles. The van der Waals surface area contributed by atoms with Crippen LogP contribution in [-0.2, 0) is 16.0 Å². The first-order valence-electron chi connectivity index (χ1n) is 9.22. The molecule has 1 aliphatic heterocycles. The van der Waals surface area contributed by atoms with E-state index in [1.807, 2.05) is 17.0 Å². The zero-order chi connectivity index (χ0) is 19.9. The van der Waals surface area contributed by atoms with E-state index in [-0.39, 0.29) is 30.6 Å². The van der Waals surface area contributed by atoms with Gasteiger partial charge >= 0.3 is 0 Å². The Morgan fingerprint density at radius 2 is 1.71 bits per heavy atom. The van der Waals surface area contributed by atoms with Crippen LogP contribution < -0.4 is 10.1 Å². The normalized spacial score (nSPS) is 14.6. The number of hydrogen-bond acceptors (Lipinski definition) is 4. The summed E-state index contributed by atoms with van der Waals surface area (Å²) >= 11 is 0. The Morgan fingerprint density at radius 3 is 2.39 bits per heavy atom. The minimum absolute atomic E-state index is 0.0183. The van der Waals surface area contributed by atoms with Crippen molar-refractivity contribution >= 4 is 17.5 Å². The van der Waals surface area contributed by atoms with Crippen LogP contribution in [0.4, 0.5) is 10.1 Å². The van der Waals surface area contributed by atoms with Crippen molar-refractivity contribution in [2.24, 2.45) is 0 Å². The van der Waals surface area contributed by atoms with Gasteiger partial charge in [0.05, 0.1) is 25.8 Å². The van der Waals surface area contributed by atoms with Gasteiger partial charge < -0.3 is 15.0 Å². The van der Waals surface area contributed by atoms with Crippen LogP contribution in [0.25, 0.3) is 0 Å². The second kappa shape index (κ2) is 9.32. The molecular weight excluding hydrogens is 361 g/mol. The standard InChI is InChI=1S/C21H24FN3O3/c1-28-19-5-3-2-4-18(19)23-20(26)15-24-10-12-25(13-11-24)21(27)14-16-6-8-17(22)9-7-16/h2-9H,10-15H2,1H3,(H,23,26). The Hall–Kier alpha value is -2.93. The molecule has 1 N–H and O–H groups in total. The smallest absolute Gasteiger partial charge is 0.238 e. The maximum atomic E-state index is 13.0. The molecule has 0 unspecified atom stereocenters. The number of rotatable bonds is 6. The third-order valence-electron chi connectivity index (χ3n) is 4.74. The minimum atomic E-state index is -0.309. The van der Waals surface area contributed by atoms with Gasteiger partial charge in [-0.2, -0.15) is 0 Å². The maximum absolute atomic E-state index is 13.0. The summed E-state index contributed by atoms with van der Waals surface area (Å²) < 4.78 is 18.2. The summed E-state index contributed by atoms with van der Waals surface area (Å²) in [5.74, 6) is 0.212. The number of amides is 2. The first-order valence-corrected chi connectivity index (χ1v) is 9.22. The SMILES string of the molecule is COc1ccccc1NC(=O)CN1CCN(C(=O)Cc2ccc(F)cc2)CC1. The number of hydrogen-bond donors (Lipinski definition) is 1. The molecule has 2 aromatic rings. The Morgan fingerprint density at radius 1 is 1.04 bits per heavy atom. The van der Waals surface area contributed by atoms with E-state index in [9.17, 15) is 14.0 Å². The van der Waals surface area contributed by atoms with Gasteiger partial charge in [-0.3, -0.25) is 14.5 Å². The average molecular weight is 385 g/mol. The number of carbonyl (C=O) groups is 2. The van der Waals surface area contributed by atoms with Gasteiger partial charge in [0, 0.05) is 26.2 Å². The number of nitrogens with one attached hydrogen (secondary N) is 1. The highest BCUT2D eigenvalue weighted by Crippen LogP contribution is 2.22. The maximum Gasteiger partial charge on any atom is 0.238 e. The Bertz CT molecular complexity index is 818. The molecule has 3 rings (SSSR count). The lowest BCUT2D eigenvalue weighted by molar-refractivity contribution is -0.132. The number of para-hydroxylation sites is 2. The topological polar surface area (TPSA) is 61.9 Å². The van der Waals surface area contributed by atoms with Gasteiger partial charge in [0.2, 0.25) is 11.8 Å². The van der Waals surface area contributed by atoms with E-state index < -0.39 is 0 Å². The summed E-state index contributed by atoms with van der Waals surface area (Å²) in [6.07, 6.45) is 0.258. The predicted molar refractivity (Wildman–Crippen MR) is 105 cm³/mol. The fourth-order valence-corrected chi connectivity index (χ4v) is 3.18. The molecule has 7 heteroatoms. The van der Waals surface area contributed by atoms with Crippen LogP contribution in [0.3, 0.4) is 0 Å². The molecule has 2 aromatic carbocycles. The van der Waals surface area contributed by atoms with Crippen molar-refractivity contribution in [2.75, 3.05) is 45.2 Å². The Labute approximate surface area is 163 Å². The van der Waals surface area contributed by atoms with E-state index in [4.69, 9.17) is 4.74 Å². The number of piperazine rings is 1. The van der Waals surface area contributed by atoms with E-state index in [0.717, 1.165) is 5.56 Å². The summed E-state index contributed by atoms with van der Waals surface area (Å²) in [6, 6.07) is 13.3. The highest BCUT2D eigenvalue weighted by molar-refractivity contribution is 5.93. The summed E-state index contributed by atoms with van der Waals surface area (Å²) in [6.45, 7) is 2.67. The summed E-state index contributed by atoms with van der Waals surface area (Å²) in [5.41, 5.74) is 1.44. The third-order valence-corrected chi connectivity index (χ3v) is 4.74. The number of halogens is 1. The summed E-state index contributed by atoms with van der Waals surface area (Å²) in [5, 5.41) is 2.86. The van der Waals surface area contributed by atoms with Gasteiger partial charge in [-0.25, -0.2) is 4.39 Å². The Balaban J connectivity index is 1.45. The highest BCUT2D eigenvalue weighted by atomic mass is 19.1. The van der Waals surface area contributed by atoms with Gasteiger partial charge in [0.1, 0.15) is 11.6 Å². The molecule has 1 saturated heterocycles. The van der Waals surface area contributed by atoms with Crippen molar-refractivity contribution in [3.8, 4) is 5.75 Å². The summed E-state index contributed by atoms with van der Waals surface area (Å²) in [7, 11) is 1.56. The minimum Gasteiger partial charge on any atom is -0.495 e. The molecule has 6 nitrogen and oxygen atoms in total. The van der Waals surface area contributed by atoms with Gasteiger partial charge in [-0.1, -0.05) is 24.3 Å². The van der Waals surface area contributed by atoms with Gasteiger partial charge in [0.25, 0.3) is 0 Å². The van der Waals surface area contributed by atoms with E-state index in [1.165, 1.54) is 12.1 Å². The lowest BCUT2D eigenvalue weighted by Crippen LogP contribution is -2.50. The van der Waals surface area contributed by atoms with Crippen LogP contribution >= 0.6 is 0 Å². The molecule has 0 saturated carbocycles. The molecule has 0 spiro atoms. The number of ether oxygens (including phenoxy) is 1. The lowest BCUT2D eigenvalue weighted by Gasteiger charge is -2.34. The second-order valence-electron chi connectivity index (χ2n) is 6.71. The zero-order valence-electron chi connectivity index (χ0n) is 15.9. The number of carbonyl (C=O) groups excluding carboxylic acids is 2. The lowest BCUT2D eigenvalue weighted by atomic mass is 10.1. The number of methoxy groups -OCH3 is 1. The van der Waals surface area contributed by atoms with Gasteiger partial charge in [-0.15, -0.1) is 0 Å². The van der Waals surface area contributed by atoms with E-state index >= 15 is 0 Å². The number of benzene rings is 2. The van der Waals surface area contributed by atoms with Crippen LogP contribution in [0.5, 0.6) is 5.75 Å². The van der Waals surface area contributed by atoms with E-state index in [1.54, 1.807) is 36.3 Å². The predicted octanol–water partition coefficient (Wildman–Crippen LogP) is 2.16. The van der Waals surface area contributed by atoms with Gasteiger partial charge in [0.15, 0.2) is 0 Å². The van der Waals surface area contributed by atoms with Crippen molar-refractivity contribution < 1.29 is 18.7 Å². The van der Waals surface area contributed by atoms with Crippen LogP contribution in [-0.4, -0.2) is 61.4 Å². The Kier molecular flexibility index (Phi) is 6.60. The van der Waals surface area contributed by atoms with Crippen LogP contribution in [0.2, 0.25) is 0 Å². The molecular formula is C21H24FN3O3. The highest BCUT2D eigenvalue weighted by Gasteiger charge is 2.22. The quantitative estimate of drug-likeness (QED) is 0.828. The van der Waals surface area contributed by atoms with Crippen molar-refractivity contribution in [1.82, 2.24) is 9.80 Å². The monoisotopic (exact) mass is 385 g/mol. The van der Waals surface area contributed by atoms with Crippen LogP contribution in [0.1, 0.15) is 5.56 Å². The molecule has 148 valence electrons.